The molecule has 0 saturated carbocycles. The number of benzene rings is 2. The van der Waals surface area contributed by atoms with Crippen molar-refractivity contribution in [3.05, 3.63) is 60.2 Å². The van der Waals surface area contributed by atoms with Gasteiger partial charge in [0.2, 0.25) is 5.88 Å². The number of pyridine rings is 1. The molecular formula is C20H17NO4. The van der Waals surface area contributed by atoms with E-state index in [-0.39, 0.29) is 12.3 Å². The first-order chi connectivity index (χ1) is 12.2. The molecule has 0 saturated heterocycles. The Morgan fingerprint density at radius 2 is 1.88 bits per heavy atom. The Morgan fingerprint density at radius 1 is 1.08 bits per heavy atom. The van der Waals surface area contributed by atoms with Gasteiger partial charge in [0.15, 0.2) is 0 Å². The number of carbonyl (C=O) groups excluding carboxylic acids is 2. The number of rotatable bonds is 6. The molecule has 0 aliphatic carbocycles. The van der Waals surface area contributed by atoms with Gasteiger partial charge in [0, 0.05) is 11.1 Å². The minimum absolute atomic E-state index is 0.000168. The number of aromatic nitrogens is 1. The average Bonchev–Trinajstić information content (AvgIpc) is 2.63. The Bertz CT molecular complexity index is 915. The third-order valence-electron chi connectivity index (χ3n) is 3.80. The first-order valence-corrected chi connectivity index (χ1v) is 7.97. The van der Waals surface area contributed by atoms with E-state index in [4.69, 9.17) is 9.47 Å². The zero-order valence-corrected chi connectivity index (χ0v) is 13.8. The summed E-state index contributed by atoms with van der Waals surface area (Å²) < 4.78 is 9.93. The zero-order valence-electron chi connectivity index (χ0n) is 13.8. The van der Waals surface area contributed by atoms with Gasteiger partial charge in [-0.05, 0) is 23.8 Å². The van der Waals surface area contributed by atoms with Crippen molar-refractivity contribution in [1.29, 1.82) is 0 Å². The van der Waals surface area contributed by atoms with Gasteiger partial charge in [0.05, 0.1) is 18.7 Å². The predicted molar refractivity (Wildman–Crippen MR) is 94.2 cm³/mol. The van der Waals surface area contributed by atoms with Crippen LogP contribution in [0.5, 0.6) is 5.88 Å². The largest absolute Gasteiger partial charge is 0.466 e. The number of hydrogen-bond acceptors (Lipinski definition) is 5. The maximum Gasteiger partial charge on any atom is 0.310 e. The lowest BCUT2D eigenvalue weighted by Crippen LogP contribution is -2.09. The van der Waals surface area contributed by atoms with E-state index in [1.807, 2.05) is 48.5 Å². The molecule has 0 aliphatic rings. The van der Waals surface area contributed by atoms with E-state index in [9.17, 15) is 9.59 Å². The second-order valence-electron chi connectivity index (χ2n) is 5.38. The van der Waals surface area contributed by atoms with Crippen molar-refractivity contribution in [2.45, 2.75) is 13.3 Å². The number of nitrogens with zero attached hydrogens (tertiary/aromatic N) is 1. The molecule has 1 heterocycles. The Morgan fingerprint density at radius 3 is 2.68 bits per heavy atom. The Kier molecular flexibility index (Phi) is 5.04. The van der Waals surface area contributed by atoms with Gasteiger partial charge in [-0.15, -0.1) is 0 Å². The molecule has 2 aromatic carbocycles. The lowest BCUT2D eigenvalue weighted by Gasteiger charge is -2.10. The SMILES string of the molecule is CCOC(=O)Cc1ccc(-c2cccc3ccccc23)nc1OC=O. The normalized spacial score (nSPS) is 10.4. The Labute approximate surface area is 145 Å². The van der Waals surface area contributed by atoms with Crippen LogP contribution in [-0.2, 0) is 20.7 Å². The molecule has 5 nitrogen and oxygen atoms in total. The summed E-state index contributed by atoms with van der Waals surface area (Å²) in [5, 5.41) is 2.14. The monoisotopic (exact) mass is 335 g/mol. The molecule has 0 unspecified atom stereocenters. The van der Waals surface area contributed by atoms with E-state index in [1.165, 1.54) is 0 Å². The molecule has 0 atom stereocenters. The van der Waals surface area contributed by atoms with Crippen LogP contribution in [0.25, 0.3) is 22.0 Å². The van der Waals surface area contributed by atoms with Crippen LogP contribution in [0.1, 0.15) is 12.5 Å². The van der Waals surface area contributed by atoms with Crippen molar-refractivity contribution >= 4 is 23.2 Å². The predicted octanol–water partition coefficient (Wildman–Crippen LogP) is 3.54. The lowest BCUT2D eigenvalue weighted by molar-refractivity contribution is -0.142. The second kappa shape index (κ2) is 7.57. The zero-order chi connectivity index (χ0) is 17.6. The standard InChI is InChI=1S/C20H17NO4/c1-2-24-19(23)12-15-10-11-18(21-20(15)25-13-22)17-9-5-7-14-6-3-4-8-16(14)17/h3-11,13H,2,12H2,1H3. The van der Waals surface area contributed by atoms with Crippen LogP contribution in [0.15, 0.2) is 54.6 Å². The van der Waals surface area contributed by atoms with Gasteiger partial charge in [-0.3, -0.25) is 9.59 Å². The highest BCUT2D eigenvalue weighted by molar-refractivity contribution is 5.95. The molecule has 0 N–H and O–H groups in total. The molecular weight excluding hydrogens is 318 g/mol. The maximum absolute atomic E-state index is 11.7. The van der Waals surface area contributed by atoms with Crippen LogP contribution in [0.4, 0.5) is 0 Å². The number of carbonyl (C=O) groups is 2. The molecule has 0 aliphatic heterocycles. The second-order valence-corrected chi connectivity index (χ2v) is 5.38. The van der Waals surface area contributed by atoms with Crippen molar-refractivity contribution in [2.75, 3.05) is 6.61 Å². The summed E-state index contributed by atoms with van der Waals surface area (Å²) in [6.07, 6.45) is -0.000168. The van der Waals surface area contributed by atoms with Crippen molar-refractivity contribution < 1.29 is 19.1 Å². The molecule has 3 rings (SSSR count). The minimum atomic E-state index is -0.391. The Balaban J connectivity index is 2.04. The van der Waals surface area contributed by atoms with Crippen LogP contribution in [0.2, 0.25) is 0 Å². The lowest BCUT2D eigenvalue weighted by atomic mass is 10.0. The molecule has 1 aromatic heterocycles. The van der Waals surface area contributed by atoms with Gasteiger partial charge in [-0.2, -0.15) is 0 Å². The number of esters is 1. The van der Waals surface area contributed by atoms with Gasteiger partial charge in [-0.25, -0.2) is 4.98 Å². The molecule has 126 valence electrons. The molecule has 0 radical (unpaired) electrons. The van der Waals surface area contributed by atoms with E-state index in [0.29, 0.717) is 24.3 Å². The minimum Gasteiger partial charge on any atom is -0.466 e. The van der Waals surface area contributed by atoms with Gasteiger partial charge in [-0.1, -0.05) is 48.5 Å². The van der Waals surface area contributed by atoms with Gasteiger partial charge in [0.25, 0.3) is 6.47 Å². The highest BCUT2D eigenvalue weighted by atomic mass is 16.5. The molecule has 0 amide bonds. The molecule has 25 heavy (non-hydrogen) atoms. The van der Waals surface area contributed by atoms with E-state index in [0.717, 1.165) is 16.3 Å². The number of ether oxygens (including phenoxy) is 2. The summed E-state index contributed by atoms with van der Waals surface area (Å²) >= 11 is 0. The smallest absolute Gasteiger partial charge is 0.310 e. The van der Waals surface area contributed by atoms with Crippen LogP contribution in [-0.4, -0.2) is 24.0 Å². The van der Waals surface area contributed by atoms with E-state index in [2.05, 4.69) is 4.98 Å². The fourth-order valence-corrected chi connectivity index (χ4v) is 2.72. The van der Waals surface area contributed by atoms with E-state index in [1.54, 1.807) is 13.0 Å². The number of fused-ring (bicyclic) bond motifs is 1. The van der Waals surface area contributed by atoms with E-state index >= 15 is 0 Å². The van der Waals surface area contributed by atoms with Crippen LogP contribution >= 0.6 is 0 Å². The van der Waals surface area contributed by atoms with Crippen molar-refractivity contribution in [1.82, 2.24) is 4.98 Å². The molecule has 0 fully saturated rings. The van der Waals surface area contributed by atoms with Crippen LogP contribution in [0.3, 0.4) is 0 Å². The van der Waals surface area contributed by atoms with Crippen molar-refractivity contribution in [2.24, 2.45) is 0 Å². The number of hydrogen-bond donors (Lipinski definition) is 0. The fraction of sp³-hybridized carbons (Fsp3) is 0.150. The first-order valence-electron chi connectivity index (χ1n) is 7.97. The van der Waals surface area contributed by atoms with Gasteiger partial charge >= 0.3 is 5.97 Å². The van der Waals surface area contributed by atoms with Crippen molar-refractivity contribution in [3.63, 3.8) is 0 Å². The summed E-state index contributed by atoms with van der Waals surface area (Å²) in [5.74, 6) is -0.272. The Hall–Kier alpha value is -3.21. The molecule has 3 aromatic rings. The summed E-state index contributed by atoms with van der Waals surface area (Å²) in [5.41, 5.74) is 2.10. The summed E-state index contributed by atoms with van der Waals surface area (Å²) in [7, 11) is 0. The fourth-order valence-electron chi connectivity index (χ4n) is 2.72. The maximum atomic E-state index is 11.7. The third-order valence-corrected chi connectivity index (χ3v) is 3.80. The van der Waals surface area contributed by atoms with Crippen LogP contribution < -0.4 is 4.74 Å². The highest BCUT2D eigenvalue weighted by Gasteiger charge is 2.14. The highest BCUT2D eigenvalue weighted by Crippen LogP contribution is 2.29. The van der Waals surface area contributed by atoms with Crippen LogP contribution in [0, 0.1) is 0 Å². The average molecular weight is 335 g/mol. The molecule has 5 heteroatoms. The summed E-state index contributed by atoms with van der Waals surface area (Å²) in [4.78, 5) is 27.0. The summed E-state index contributed by atoms with van der Waals surface area (Å²) in [6, 6.07) is 17.5. The first kappa shape index (κ1) is 16.6. The quantitative estimate of drug-likeness (QED) is 0.509. The van der Waals surface area contributed by atoms with E-state index < -0.39 is 5.97 Å². The van der Waals surface area contributed by atoms with Gasteiger partial charge < -0.3 is 9.47 Å². The van der Waals surface area contributed by atoms with Crippen molar-refractivity contribution in [3.8, 4) is 17.1 Å². The third kappa shape index (κ3) is 3.66. The molecule has 0 bridgehead atoms. The topological polar surface area (TPSA) is 65.5 Å². The molecule has 0 spiro atoms. The summed E-state index contributed by atoms with van der Waals surface area (Å²) in [6.45, 7) is 2.34. The van der Waals surface area contributed by atoms with Gasteiger partial charge in [0.1, 0.15) is 0 Å².